The molecule has 0 unspecified atom stereocenters. The van der Waals surface area contributed by atoms with E-state index in [0.717, 1.165) is 0 Å². The summed E-state index contributed by atoms with van der Waals surface area (Å²) in [6.45, 7) is 3.72. The van der Waals surface area contributed by atoms with E-state index in [-0.39, 0.29) is 74.5 Å². The van der Waals surface area contributed by atoms with E-state index in [0.29, 0.717) is 0 Å². The number of aliphatic hydroxyl groups is 2. The number of cyclic esters (lactones) is 2. The van der Waals surface area contributed by atoms with Crippen molar-refractivity contribution >= 4 is 11.9 Å². The van der Waals surface area contributed by atoms with Crippen molar-refractivity contribution in [2.24, 2.45) is 11.8 Å². The van der Waals surface area contributed by atoms with E-state index < -0.39 is 36.4 Å². The van der Waals surface area contributed by atoms with Crippen molar-refractivity contribution in [2.45, 2.75) is 87.7 Å². The van der Waals surface area contributed by atoms with Crippen LogP contribution in [0.4, 0.5) is 0 Å². The van der Waals surface area contributed by atoms with Crippen LogP contribution in [0.3, 0.4) is 0 Å². The minimum atomic E-state index is -0.869. The van der Waals surface area contributed by atoms with E-state index in [2.05, 4.69) is 0 Å². The zero-order valence-corrected chi connectivity index (χ0v) is 19.2. The van der Waals surface area contributed by atoms with Crippen LogP contribution in [0.5, 0.6) is 0 Å². The summed E-state index contributed by atoms with van der Waals surface area (Å²) < 4.78 is 34.0. The van der Waals surface area contributed by atoms with Crippen LogP contribution in [-0.2, 0) is 38.0 Å². The van der Waals surface area contributed by atoms with Gasteiger partial charge in [0.2, 0.25) is 0 Å². The highest BCUT2D eigenvalue weighted by Gasteiger charge is 2.59. The lowest BCUT2D eigenvalue weighted by molar-refractivity contribution is -0.161. The fraction of sp³-hybridized carbons (Fsp3) is 0.750. The number of rotatable bonds is 0. The molecule has 0 spiro atoms. The number of esters is 2. The lowest BCUT2D eigenvalue weighted by atomic mass is 9.93. The molecule has 0 amide bonds. The maximum Gasteiger partial charge on any atom is 0.309 e. The van der Waals surface area contributed by atoms with Crippen molar-refractivity contribution in [2.75, 3.05) is 13.2 Å². The highest BCUT2D eigenvalue weighted by Crippen LogP contribution is 2.42. The van der Waals surface area contributed by atoms with Crippen LogP contribution in [0.15, 0.2) is 24.3 Å². The Morgan fingerprint density at radius 3 is 1.47 bits per heavy atom. The first kappa shape index (κ1) is 23.9. The van der Waals surface area contributed by atoms with Crippen LogP contribution in [0, 0.1) is 11.8 Å². The predicted octanol–water partition coefficient (Wildman–Crippen LogP) is 0.0426. The van der Waals surface area contributed by atoms with Gasteiger partial charge in [-0.2, -0.15) is 0 Å². The third kappa shape index (κ3) is 4.93. The number of fused-ring (bicyclic) bond motifs is 8. The number of carbonyl (C=O) groups is 2. The molecule has 0 aromatic rings. The summed E-state index contributed by atoms with van der Waals surface area (Å²) in [5.74, 6) is -1.06. The van der Waals surface area contributed by atoms with Gasteiger partial charge in [0.1, 0.15) is 62.0 Å². The van der Waals surface area contributed by atoms with E-state index in [4.69, 9.17) is 28.4 Å². The fourth-order valence-electron chi connectivity index (χ4n) is 5.06. The van der Waals surface area contributed by atoms with Crippen molar-refractivity contribution < 1.29 is 48.2 Å². The fourth-order valence-corrected chi connectivity index (χ4v) is 5.06. The average Bonchev–Trinajstić information content (AvgIpc) is 3.71. The van der Waals surface area contributed by atoms with Gasteiger partial charge < -0.3 is 38.6 Å². The molecule has 34 heavy (non-hydrogen) atoms. The molecule has 188 valence electrons. The molecule has 0 radical (unpaired) electrons. The largest absolute Gasteiger partial charge is 0.463 e. The van der Waals surface area contributed by atoms with Crippen molar-refractivity contribution in [3.63, 3.8) is 0 Å². The Hall–Kier alpha value is -1.82. The summed E-state index contributed by atoms with van der Waals surface area (Å²) in [5, 5.41) is 20.9. The Morgan fingerprint density at radius 2 is 1.06 bits per heavy atom. The standard InChI is InChI=1S/C24H32O10/c1-11-5-3-7-15(25)30-10-14-18(28)22-24(34-22)20(32-14)12(2)6-4-8-16(26)29-9-13-17(27)21-23(33-21)19(11)31-13/h3-6,11-14,17-24,27-28H,7-10H2,1-2H3/b5-3+,6-4+/t11-,12-,13-,14-,17-,18-,19-,20-,21-,22-,23+,24+/m1/s1. The van der Waals surface area contributed by atoms with Gasteiger partial charge in [0.25, 0.3) is 0 Å². The molecule has 4 fully saturated rings. The maximum atomic E-state index is 12.3. The minimum absolute atomic E-state index is 0.0591. The number of hydrogen-bond donors (Lipinski definition) is 2. The summed E-state index contributed by atoms with van der Waals surface area (Å²) >= 11 is 0. The Kier molecular flexibility index (Phi) is 6.80. The summed E-state index contributed by atoms with van der Waals surface area (Å²) in [6, 6.07) is 0. The summed E-state index contributed by atoms with van der Waals surface area (Å²) in [5.41, 5.74) is 0. The van der Waals surface area contributed by atoms with E-state index in [1.807, 2.05) is 26.0 Å². The second-order valence-corrected chi connectivity index (χ2v) is 9.74. The predicted molar refractivity (Wildman–Crippen MR) is 114 cm³/mol. The number of hydrogen-bond acceptors (Lipinski definition) is 10. The Balaban J connectivity index is 1.28. The summed E-state index contributed by atoms with van der Waals surface area (Å²) in [7, 11) is 0. The van der Waals surface area contributed by atoms with Crippen LogP contribution in [0.2, 0.25) is 0 Å². The molecule has 5 rings (SSSR count). The van der Waals surface area contributed by atoms with Crippen LogP contribution < -0.4 is 0 Å². The molecule has 10 nitrogen and oxygen atoms in total. The molecule has 0 aliphatic carbocycles. The van der Waals surface area contributed by atoms with Crippen molar-refractivity contribution in [1.82, 2.24) is 0 Å². The molecule has 12 atom stereocenters. The van der Waals surface area contributed by atoms with Crippen LogP contribution in [0.25, 0.3) is 0 Å². The van der Waals surface area contributed by atoms with Crippen molar-refractivity contribution in [1.29, 1.82) is 0 Å². The highest BCUT2D eigenvalue weighted by molar-refractivity contribution is 5.71. The molecule has 5 aliphatic heterocycles. The molecule has 4 bridgehead atoms. The Morgan fingerprint density at radius 1 is 0.647 bits per heavy atom. The first-order chi connectivity index (χ1) is 16.3. The van der Waals surface area contributed by atoms with Gasteiger partial charge in [0.15, 0.2) is 0 Å². The van der Waals surface area contributed by atoms with Gasteiger partial charge in [-0.1, -0.05) is 38.2 Å². The van der Waals surface area contributed by atoms with Gasteiger partial charge in [-0.25, -0.2) is 0 Å². The first-order valence-electron chi connectivity index (χ1n) is 12.0. The van der Waals surface area contributed by atoms with Crippen molar-refractivity contribution in [3.05, 3.63) is 24.3 Å². The van der Waals surface area contributed by atoms with Gasteiger partial charge in [0.05, 0.1) is 25.0 Å². The SMILES string of the molecule is C[C@@H]1/C=C/CC(=O)OC[C@H]2O[C@@H]([C@@H]3O[C@@H]3[C@@H]2O)[C@H](C)/C=C/CC(=O)OC[C@H]2O[C@H]1[C@@H]1O[C@@H]1[C@@H]2O. The second kappa shape index (κ2) is 9.67. The molecule has 5 heterocycles. The third-order valence-electron chi connectivity index (χ3n) is 7.17. The number of ether oxygens (including phenoxy) is 6. The number of carbonyl (C=O) groups excluding carboxylic acids is 2. The number of epoxide rings is 2. The third-order valence-corrected chi connectivity index (χ3v) is 7.17. The molecule has 4 saturated heterocycles. The molecule has 0 saturated carbocycles. The van der Waals surface area contributed by atoms with E-state index in [1.54, 1.807) is 12.2 Å². The van der Waals surface area contributed by atoms with Gasteiger partial charge in [0, 0.05) is 11.8 Å². The zero-order valence-electron chi connectivity index (χ0n) is 19.2. The van der Waals surface area contributed by atoms with Crippen LogP contribution in [-0.4, -0.2) is 96.4 Å². The average molecular weight is 481 g/mol. The molecule has 0 aromatic carbocycles. The van der Waals surface area contributed by atoms with E-state index in [1.165, 1.54) is 0 Å². The molecule has 0 aromatic heterocycles. The summed E-state index contributed by atoms with van der Waals surface area (Å²) in [4.78, 5) is 24.5. The summed E-state index contributed by atoms with van der Waals surface area (Å²) in [6.07, 6.45) is 2.31. The highest BCUT2D eigenvalue weighted by atomic mass is 16.7. The molecule has 10 heteroatoms. The Bertz CT molecular complexity index is 774. The van der Waals surface area contributed by atoms with Crippen LogP contribution in [0.1, 0.15) is 26.7 Å². The zero-order chi connectivity index (χ0) is 24.0. The van der Waals surface area contributed by atoms with Gasteiger partial charge in [-0.05, 0) is 0 Å². The normalized spacial score (nSPS) is 51.1. The van der Waals surface area contributed by atoms with Crippen LogP contribution >= 0.6 is 0 Å². The smallest absolute Gasteiger partial charge is 0.309 e. The lowest BCUT2D eigenvalue weighted by Crippen LogP contribution is -2.49. The van der Waals surface area contributed by atoms with Crippen molar-refractivity contribution in [3.8, 4) is 0 Å². The molecular weight excluding hydrogens is 448 g/mol. The van der Waals surface area contributed by atoms with Gasteiger partial charge in [-0.15, -0.1) is 0 Å². The molecular formula is C24H32O10. The first-order valence-corrected chi connectivity index (χ1v) is 12.0. The minimum Gasteiger partial charge on any atom is -0.463 e. The lowest BCUT2D eigenvalue weighted by Gasteiger charge is -2.33. The molecule has 2 N–H and O–H groups in total. The van der Waals surface area contributed by atoms with Gasteiger partial charge >= 0.3 is 11.9 Å². The van der Waals surface area contributed by atoms with E-state index >= 15 is 0 Å². The second-order valence-electron chi connectivity index (χ2n) is 9.74. The number of aliphatic hydroxyl groups excluding tert-OH is 2. The molecule has 5 aliphatic rings. The van der Waals surface area contributed by atoms with E-state index in [9.17, 15) is 19.8 Å². The Labute approximate surface area is 197 Å². The van der Waals surface area contributed by atoms with Gasteiger partial charge in [-0.3, -0.25) is 9.59 Å². The quantitative estimate of drug-likeness (QED) is 0.278. The monoisotopic (exact) mass is 480 g/mol. The topological polar surface area (TPSA) is 137 Å². The maximum absolute atomic E-state index is 12.3.